The summed E-state index contributed by atoms with van der Waals surface area (Å²) in [6.45, 7) is 1.88. The number of nitrogens with zero attached hydrogens (tertiary/aromatic N) is 3. The Labute approximate surface area is 247 Å². The molecule has 212 valence electrons. The fourth-order valence-corrected chi connectivity index (χ4v) is 6.53. The van der Waals surface area contributed by atoms with Crippen LogP contribution in [-0.2, 0) is 6.54 Å². The van der Waals surface area contributed by atoms with E-state index < -0.39 is 0 Å². The molecule has 6 heteroatoms. The smallest absolute Gasteiger partial charge is 0.225 e. The van der Waals surface area contributed by atoms with Crippen LogP contribution in [0.4, 0.5) is 11.8 Å². The molecule has 7 rings (SSSR count). The van der Waals surface area contributed by atoms with Crippen LogP contribution in [0.2, 0.25) is 0 Å². The molecule has 6 aromatic rings. The predicted molar refractivity (Wildman–Crippen MR) is 176 cm³/mol. The van der Waals surface area contributed by atoms with E-state index in [9.17, 15) is 0 Å². The van der Waals surface area contributed by atoms with Gasteiger partial charge in [0, 0.05) is 43.0 Å². The summed E-state index contributed by atoms with van der Waals surface area (Å²) >= 11 is 0. The topological polar surface area (TPSA) is 68.9 Å². The van der Waals surface area contributed by atoms with E-state index in [0.29, 0.717) is 12.0 Å². The predicted octanol–water partition coefficient (Wildman–Crippen LogP) is 7.76. The Morgan fingerprint density at radius 2 is 1.52 bits per heavy atom. The van der Waals surface area contributed by atoms with Crippen LogP contribution in [0, 0.1) is 5.92 Å². The van der Waals surface area contributed by atoms with Gasteiger partial charge in [-0.15, -0.1) is 0 Å². The highest BCUT2D eigenvalue weighted by molar-refractivity contribution is 5.94. The van der Waals surface area contributed by atoms with Gasteiger partial charge in [0.2, 0.25) is 5.95 Å². The SMILES string of the molecule is CN(C)c1nc(NC2CCC(CNCc3c(-c4ccc5ccccc5c4)[nH]c4ccccc34)CC2)nc2ccccc12. The quantitative estimate of drug-likeness (QED) is 0.179. The van der Waals surface area contributed by atoms with Gasteiger partial charge in [-0.2, -0.15) is 4.98 Å². The number of aromatic nitrogens is 3. The summed E-state index contributed by atoms with van der Waals surface area (Å²) in [6.07, 6.45) is 4.67. The van der Waals surface area contributed by atoms with Crippen molar-refractivity contribution >= 4 is 44.3 Å². The fraction of sp³-hybridized carbons (Fsp3) is 0.278. The largest absolute Gasteiger partial charge is 0.362 e. The Kier molecular flexibility index (Phi) is 7.22. The Morgan fingerprint density at radius 1 is 0.786 bits per heavy atom. The first-order valence-corrected chi connectivity index (χ1v) is 15.1. The van der Waals surface area contributed by atoms with E-state index in [-0.39, 0.29) is 0 Å². The number of hydrogen-bond donors (Lipinski definition) is 3. The van der Waals surface area contributed by atoms with Gasteiger partial charge < -0.3 is 20.5 Å². The Morgan fingerprint density at radius 3 is 2.36 bits per heavy atom. The molecular formula is C36H38N6. The van der Waals surface area contributed by atoms with E-state index in [2.05, 4.69) is 99.4 Å². The van der Waals surface area contributed by atoms with E-state index in [1.165, 1.54) is 51.3 Å². The zero-order chi connectivity index (χ0) is 28.5. The van der Waals surface area contributed by atoms with Gasteiger partial charge >= 0.3 is 0 Å². The third kappa shape index (κ3) is 5.30. The first kappa shape index (κ1) is 26.5. The van der Waals surface area contributed by atoms with Gasteiger partial charge in [-0.1, -0.05) is 66.7 Å². The lowest BCUT2D eigenvalue weighted by atomic mass is 9.86. The van der Waals surface area contributed by atoms with E-state index in [1.807, 2.05) is 26.2 Å². The van der Waals surface area contributed by atoms with Crippen LogP contribution in [0.15, 0.2) is 91.0 Å². The highest BCUT2D eigenvalue weighted by Crippen LogP contribution is 2.33. The van der Waals surface area contributed by atoms with Crippen molar-refractivity contribution in [1.82, 2.24) is 20.3 Å². The summed E-state index contributed by atoms with van der Waals surface area (Å²) in [7, 11) is 4.08. The zero-order valence-electron chi connectivity index (χ0n) is 24.4. The van der Waals surface area contributed by atoms with Crippen molar-refractivity contribution in [2.45, 2.75) is 38.3 Å². The van der Waals surface area contributed by atoms with Crippen molar-refractivity contribution in [3.63, 3.8) is 0 Å². The molecule has 0 bridgehead atoms. The molecule has 0 aliphatic heterocycles. The second-order valence-electron chi connectivity index (χ2n) is 11.9. The van der Waals surface area contributed by atoms with Crippen LogP contribution in [-0.4, -0.2) is 41.6 Å². The molecule has 0 atom stereocenters. The van der Waals surface area contributed by atoms with Crippen molar-refractivity contribution < 1.29 is 0 Å². The number of para-hydroxylation sites is 2. The Balaban J connectivity index is 1.00. The molecule has 1 aliphatic carbocycles. The number of rotatable bonds is 8. The van der Waals surface area contributed by atoms with E-state index in [0.717, 1.165) is 48.6 Å². The lowest BCUT2D eigenvalue weighted by Crippen LogP contribution is -2.31. The minimum atomic E-state index is 0.408. The third-order valence-corrected chi connectivity index (χ3v) is 8.77. The maximum Gasteiger partial charge on any atom is 0.225 e. The third-order valence-electron chi connectivity index (χ3n) is 8.77. The molecule has 1 saturated carbocycles. The number of nitrogens with one attached hydrogen (secondary N) is 3. The number of H-pyrrole nitrogens is 1. The van der Waals surface area contributed by atoms with Gasteiger partial charge in [0.25, 0.3) is 0 Å². The lowest BCUT2D eigenvalue weighted by Gasteiger charge is -2.29. The maximum atomic E-state index is 4.85. The Bertz CT molecular complexity index is 1850. The molecule has 0 radical (unpaired) electrons. The summed E-state index contributed by atoms with van der Waals surface area (Å²) < 4.78 is 0. The summed E-state index contributed by atoms with van der Waals surface area (Å²) in [5.74, 6) is 2.37. The Hall–Kier alpha value is -4.42. The van der Waals surface area contributed by atoms with Gasteiger partial charge in [-0.3, -0.25) is 0 Å². The molecule has 0 spiro atoms. The second kappa shape index (κ2) is 11.5. The molecule has 3 N–H and O–H groups in total. The zero-order valence-corrected chi connectivity index (χ0v) is 24.4. The van der Waals surface area contributed by atoms with Crippen molar-refractivity contribution in [1.29, 1.82) is 0 Å². The molecule has 0 amide bonds. The molecule has 1 aliphatic rings. The fourth-order valence-electron chi connectivity index (χ4n) is 6.53. The van der Waals surface area contributed by atoms with Gasteiger partial charge in [-0.25, -0.2) is 4.98 Å². The molecular weight excluding hydrogens is 516 g/mol. The van der Waals surface area contributed by atoms with Crippen LogP contribution in [0.1, 0.15) is 31.2 Å². The monoisotopic (exact) mass is 554 g/mol. The molecule has 2 heterocycles. The van der Waals surface area contributed by atoms with Crippen LogP contribution in [0.5, 0.6) is 0 Å². The van der Waals surface area contributed by atoms with E-state index >= 15 is 0 Å². The van der Waals surface area contributed by atoms with Crippen LogP contribution < -0.4 is 15.5 Å². The average molecular weight is 555 g/mol. The molecule has 4 aromatic carbocycles. The first-order chi connectivity index (χ1) is 20.6. The lowest BCUT2D eigenvalue weighted by molar-refractivity contribution is 0.324. The maximum absolute atomic E-state index is 4.85. The molecule has 6 nitrogen and oxygen atoms in total. The van der Waals surface area contributed by atoms with Crippen molar-refractivity contribution in [3.8, 4) is 11.3 Å². The van der Waals surface area contributed by atoms with E-state index in [1.54, 1.807) is 0 Å². The molecule has 1 fully saturated rings. The van der Waals surface area contributed by atoms with Crippen LogP contribution in [0.25, 0.3) is 43.8 Å². The van der Waals surface area contributed by atoms with Crippen LogP contribution >= 0.6 is 0 Å². The summed E-state index contributed by atoms with van der Waals surface area (Å²) in [6, 6.07) is 32.7. The second-order valence-corrected chi connectivity index (χ2v) is 11.9. The highest BCUT2D eigenvalue weighted by atomic mass is 15.2. The molecule has 0 unspecified atom stereocenters. The van der Waals surface area contributed by atoms with Crippen LogP contribution in [0.3, 0.4) is 0 Å². The van der Waals surface area contributed by atoms with E-state index in [4.69, 9.17) is 9.97 Å². The average Bonchev–Trinajstić information content (AvgIpc) is 3.39. The summed E-state index contributed by atoms with van der Waals surface area (Å²) in [5.41, 5.74) is 5.98. The van der Waals surface area contributed by atoms with Crippen molar-refractivity contribution in [3.05, 3.63) is 96.6 Å². The number of benzene rings is 4. The van der Waals surface area contributed by atoms with Gasteiger partial charge in [0.05, 0.1) is 11.2 Å². The minimum Gasteiger partial charge on any atom is -0.362 e. The van der Waals surface area contributed by atoms with Gasteiger partial charge in [0.1, 0.15) is 5.82 Å². The summed E-state index contributed by atoms with van der Waals surface area (Å²) in [4.78, 5) is 15.5. The number of hydrogen-bond acceptors (Lipinski definition) is 5. The minimum absolute atomic E-state index is 0.408. The number of anilines is 2. The number of aromatic amines is 1. The number of fused-ring (bicyclic) bond motifs is 3. The first-order valence-electron chi connectivity index (χ1n) is 15.1. The standard InChI is InChI=1S/C36H38N6/c1-42(2)35-30-12-6-8-14-33(30)40-36(41-35)38-28-19-15-24(16-20-28)22-37-23-31-29-11-5-7-13-32(29)39-34(31)27-18-17-25-9-3-4-10-26(25)21-27/h3-14,17-18,21,24,28,37,39H,15-16,19-20,22-23H2,1-2H3,(H,38,40,41). The highest BCUT2D eigenvalue weighted by Gasteiger charge is 2.23. The van der Waals surface area contributed by atoms with Crippen molar-refractivity contribution in [2.75, 3.05) is 30.9 Å². The van der Waals surface area contributed by atoms with Crippen molar-refractivity contribution in [2.24, 2.45) is 5.92 Å². The molecule has 0 saturated heterocycles. The van der Waals surface area contributed by atoms with Gasteiger partial charge in [0.15, 0.2) is 0 Å². The summed E-state index contributed by atoms with van der Waals surface area (Å²) in [5, 5.41) is 12.4. The van der Waals surface area contributed by atoms with Gasteiger partial charge in [-0.05, 0) is 84.3 Å². The molecule has 42 heavy (non-hydrogen) atoms. The normalized spacial score (nSPS) is 17.2. The molecule has 2 aromatic heterocycles.